The summed E-state index contributed by atoms with van der Waals surface area (Å²) in [4.78, 5) is 0. The molecule has 0 bridgehead atoms. The summed E-state index contributed by atoms with van der Waals surface area (Å²) in [7, 11) is 0. The highest BCUT2D eigenvalue weighted by Crippen LogP contribution is 2.31. The summed E-state index contributed by atoms with van der Waals surface area (Å²) in [6.07, 6.45) is -5.48. The number of halogens is 5. The van der Waals surface area contributed by atoms with Gasteiger partial charge in [-0.1, -0.05) is 41.4 Å². The van der Waals surface area contributed by atoms with Crippen molar-refractivity contribution in [3.63, 3.8) is 0 Å². The average Bonchev–Trinajstić information content (AvgIpc) is 2.54. The molecule has 2 aromatic carbocycles. The minimum absolute atomic E-state index is 0.0476. The van der Waals surface area contributed by atoms with E-state index >= 15 is 0 Å². The van der Waals surface area contributed by atoms with Crippen molar-refractivity contribution >= 4 is 23.2 Å². The number of benzene rings is 2. The van der Waals surface area contributed by atoms with Crippen molar-refractivity contribution in [1.82, 2.24) is 0 Å². The minimum Gasteiger partial charge on any atom is -0.484 e. The zero-order chi connectivity index (χ0) is 17.9. The van der Waals surface area contributed by atoms with Crippen molar-refractivity contribution in [2.24, 2.45) is 5.73 Å². The van der Waals surface area contributed by atoms with Crippen LogP contribution in [0.2, 0.25) is 10.0 Å². The van der Waals surface area contributed by atoms with Gasteiger partial charge in [0, 0.05) is 0 Å². The molecule has 8 heteroatoms. The summed E-state index contributed by atoms with van der Waals surface area (Å²) in [6, 6.07) is 9.57. The number of hydrogen-bond acceptors (Lipinski definition) is 3. The normalized spacial score (nSPS) is 14.3. The van der Waals surface area contributed by atoms with Gasteiger partial charge >= 0.3 is 6.18 Å². The molecule has 2 atom stereocenters. The first kappa shape index (κ1) is 18.9. The molecule has 0 aromatic heterocycles. The number of alkyl halides is 3. The van der Waals surface area contributed by atoms with Crippen molar-refractivity contribution in [3.8, 4) is 5.75 Å². The van der Waals surface area contributed by atoms with Crippen LogP contribution in [0.3, 0.4) is 0 Å². The molecule has 0 amide bonds. The Kier molecular flexibility index (Phi) is 5.98. The first-order chi connectivity index (χ1) is 11.2. The molecule has 2 rings (SSSR count). The molecule has 0 saturated carbocycles. The maximum absolute atomic E-state index is 12.1. The second-order valence-corrected chi connectivity index (χ2v) is 5.93. The van der Waals surface area contributed by atoms with Gasteiger partial charge in [-0.15, -0.1) is 0 Å². The Morgan fingerprint density at radius 3 is 2.12 bits per heavy atom. The molecule has 0 aliphatic carbocycles. The lowest BCUT2D eigenvalue weighted by molar-refractivity contribution is -0.153. The lowest BCUT2D eigenvalue weighted by Gasteiger charge is -2.20. The highest BCUT2D eigenvalue weighted by molar-refractivity contribution is 6.42. The van der Waals surface area contributed by atoms with Crippen molar-refractivity contribution < 1.29 is 23.0 Å². The predicted molar refractivity (Wildman–Crippen MR) is 86.3 cm³/mol. The Hall–Kier alpha value is -1.47. The molecule has 0 heterocycles. The number of nitrogens with two attached hydrogens (primary N) is 1. The van der Waals surface area contributed by atoms with Crippen LogP contribution in [0.15, 0.2) is 42.5 Å². The minimum atomic E-state index is -4.41. The van der Waals surface area contributed by atoms with Gasteiger partial charge in [-0.3, -0.25) is 0 Å². The van der Waals surface area contributed by atoms with E-state index in [0.29, 0.717) is 21.2 Å². The summed E-state index contributed by atoms with van der Waals surface area (Å²) >= 11 is 11.8. The van der Waals surface area contributed by atoms with Crippen LogP contribution < -0.4 is 10.5 Å². The Balaban J connectivity index is 2.08. The van der Waals surface area contributed by atoms with Gasteiger partial charge in [0.05, 0.1) is 22.2 Å². The van der Waals surface area contributed by atoms with Crippen LogP contribution >= 0.6 is 23.2 Å². The van der Waals surface area contributed by atoms with Gasteiger partial charge in [0.15, 0.2) is 6.61 Å². The Labute approximate surface area is 146 Å². The van der Waals surface area contributed by atoms with E-state index in [0.717, 1.165) is 0 Å². The van der Waals surface area contributed by atoms with Gasteiger partial charge in [-0.2, -0.15) is 13.2 Å². The standard InChI is InChI=1S/C16H14Cl2F3NO2/c17-12-6-3-10(7-13(12)18)14(22)15(23)9-1-4-11(5-2-9)24-8-16(19,20)21/h1-7,14-15,23H,8,22H2/t14-,15+/m1/s1. The molecule has 0 fully saturated rings. The summed E-state index contributed by atoms with van der Waals surface area (Å²) in [5.41, 5.74) is 7.03. The SMILES string of the molecule is N[C@H](c1ccc(Cl)c(Cl)c1)[C@@H](O)c1ccc(OCC(F)(F)F)cc1. The monoisotopic (exact) mass is 379 g/mol. The van der Waals surface area contributed by atoms with Crippen molar-refractivity contribution in [2.75, 3.05) is 6.61 Å². The first-order valence-electron chi connectivity index (χ1n) is 6.85. The molecular weight excluding hydrogens is 366 g/mol. The maximum atomic E-state index is 12.1. The summed E-state index contributed by atoms with van der Waals surface area (Å²) in [5, 5.41) is 11.0. The average molecular weight is 380 g/mol. The Morgan fingerprint density at radius 2 is 1.58 bits per heavy atom. The highest BCUT2D eigenvalue weighted by Gasteiger charge is 2.28. The summed E-state index contributed by atoms with van der Waals surface area (Å²) in [6.45, 7) is -1.38. The van der Waals surface area contributed by atoms with Crippen molar-refractivity contribution in [3.05, 3.63) is 63.6 Å². The number of hydrogen-bond donors (Lipinski definition) is 2. The highest BCUT2D eigenvalue weighted by atomic mass is 35.5. The van der Waals surface area contributed by atoms with Gasteiger partial charge < -0.3 is 15.6 Å². The van der Waals surface area contributed by atoms with E-state index in [1.165, 1.54) is 24.3 Å². The van der Waals surface area contributed by atoms with E-state index in [9.17, 15) is 18.3 Å². The van der Waals surface area contributed by atoms with E-state index in [-0.39, 0.29) is 5.75 Å². The fourth-order valence-electron chi connectivity index (χ4n) is 2.04. The van der Waals surface area contributed by atoms with Gasteiger partial charge in [0.25, 0.3) is 0 Å². The fraction of sp³-hybridized carbons (Fsp3) is 0.250. The summed E-state index contributed by atoms with van der Waals surface area (Å²) < 4.78 is 40.9. The Bertz CT molecular complexity index is 693. The molecule has 0 unspecified atom stereocenters. The van der Waals surface area contributed by atoms with Crippen LogP contribution in [-0.4, -0.2) is 17.9 Å². The third-order valence-electron chi connectivity index (χ3n) is 3.29. The fourth-order valence-corrected chi connectivity index (χ4v) is 2.34. The predicted octanol–water partition coefficient (Wildman–Crippen LogP) is 4.67. The van der Waals surface area contributed by atoms with Crippen LogP contribution in [0.25, 0.3) is 0 Å². The molecule has 0 spiro atoms. The van der Waals surface area contributed by atoms with E-state index in [2.05, 4.69) is 4.74 Å². The van der Waals surface area contributed by atoms with E-state index < -0.39 is 24.9 Å². The molecule has 0 aliphatic rings. The Morgan fingerprint density at radius 1 is 1.00 bits per heavy atom. The quantitative estimate of drug-likeness (QED) is 0.793. The van der Waals surface area contributed by atoms with Crippen LogP contribution in [0.5, 0.6) is 5.75 Å². The first-order valence-corrected chi connectivity index (χ1v) is 7.61. The second-order valence-electron chi connectivity index (χ2n) is 5.12. The number of aliphatic hydroxyl groups excluding tert-OH is 1. The second kappa shape index (κ2) is 7.61. The van der Waals surface area contributed by atoms with Crippen LogP contribution in [-0.2, 0) is 0 Å². The third kappa shape index (κ3) is 5.01. The maximum Gasteiger partial charge on any atom is 0.422 e. The molecule has 0 saturated heterocycles. The molecule has 3 nitrogen and oxygen atoms in total. The third-order valence-corrected chi connectivity index (χ3v) is 4.03. The van der Waals surface area contributed by atoms with Gasteiger partial charge in [-0.05, 0) is 35.4 Å². The molecule has 130 valence electrons. The number of ether oxygens (including phenoxy) is 1. The van der Waals surface area contributed by atoms with E-state index in [1.807, 2.05) is 0 Å². The molecule has 0 radical (unpaired) electrons. The van der Waals surface area contributed by atoms with Gasteiger partial charge in [0.1, 0.15) is 5.75 Å². The van der Waals surface area contributed by atoms with Gasteiger partial charge in [-0.25, -0.2) is 0 Å². The van der Waals surface area contributed by atoms with Crippen LogP contribution in [0.4, 0.5) is 13.2 Å². The van der Waals surface area contributed by atoms with Gasteiger partial charge in [0.2, 0.25) is 0 Å². The van der Waals surface area contributed by atoms with E-state index in [1.54, 1.807) is 18.2 Å². The molecule has 0 aliphatic heterocycles. The van der Waals surface area contributed by atoms with Crippen LogP contribution in [0.1, 0.15) is 23.3 Å². The zero-order valence-electron chi connectivity index (χ0n) is 12.2. The number of rotatable bonds is 5. The molecular formula is C16H14Cl2F3NO2. The zero-order valence-corrected chi connectivity index (χ0v) is 13.7. The lowest BCUT2D eigenvalue weighted by atomic mass is 9.96. The lowest BCUT2D eigenvalue weighted by Crippen LogP contribution is -2.20. The molecule has 3 N–H and O–H groups in total. The molecule has 2 aromatic rings. The molecule has 24 heavy (non-hydrogen) atoms. The number of aliphatic hydroxyl groups is 1. The van der Waals surface area contributed by atoms with Crippen molar-refractivity contribution in [2.45, 2.75) is 18.3 Å². The topological polar surface area (TPSA) is 55.5 Å². The van der Waals surface area contributed by atoms with Crippen LogP contribution in [0, 0.1) is 0 Å². The van der Waals surface area contributed by atoms with E-state index in [4.69, 9.17) is 28.9 Å². The van der Waals surface area contributed by atoms with Crippen molar-refractivity contribution in [1.29, 1.82) is 0 Å². The largest absolute Gasteiger partial charge is 0.484 e. The smallest absolute Gasteiger partial charge is 0.422 e. The summed E-state index contributed by atoms with van der Waals surface area (Å²) in [5.74, 6) is 0.0476.